The molecule has 1 heterocycles. The van der Waals surface area contributed by atoms with Gasteiger partial charge in [-0.05, 0) is 32.0 Å². The van der Waals surface area contributed by atoms with Gasteiger partial charge in [-0.15, -0.1) is 0 Å². The second kappa shape index (κ2) is 6.84. The maximum atomic E-state index is 5.42. The molecule has 0 fully saturated rings. The summed E-state index contributed by atoms with van der Waals surface area (Å²) in [6.07, 6.45) is 0. The Kier molecular flexibility index (Phi) is 4.63. The zero-order valence-electron chi connectivity index (χ0n) is 13.9. The minimum atomic E-state index is 0.160. The van der Waals surface area contributed by atoms with Gasteiger partial charge in [-0.3, -0.25) is 0 Å². The Balaban J connectivity index is 1.82. The minimum absolute atomic E-state index is 0.160. The molecular weight excluding hydrogens is 286 g/mol. The molecule has 120 valence electrons. The lowest BCUT2D eigenvalue weighted by molar-refractivity contribution is 0.405. The molecule has 4 heteroatoms. The largest absolute Gasteiger partial charge is 0.496 e. The number of nitrogens with one attached hydrogen (secondary N) is 1. The van der Waals surface area contributed by atoms with Gasteiger partial charge in [0.05, 0.1) is 24.2 Å². The minimum Gasteiger partial charge on any atom is -0.496 e. The number of benzene rings is 2. The van der Waals surface area contributed by atoms with E-state index in [1.165, 1.54) is 5.52 Å². The third-order valence-electron chi connectivity index (χ3n) is 4.18. The summed E-state index contributed by atoms with van der Waals surface area (Å²) in [5.74, 6) is 1.99. The molecule has 0 aliphatic heterocycles. The number of para-hydroxylation sites is 3. The monoisotopic (exact) mass is 309 g/mol. The van der Waals surface area contributed by atoms with E-state index in [-0.39, 0.29) is 6.04 Å². The van der Waals surface area contributed by atoms with Gasteiger partial charge in [0.15, 0.2) is 0 Å². The molecule has 2 aromatic carbocycles. The molecule has 0 aliphatic carbocycles. The van der Waals surface area contributed by atoms with Crippen LogP contribution in [-0.4, -0.2) is 16.7 Å². The van der Waals surface area contributed by atoms with E-state index in [2.05, 4.69) is 48.0 Å². The second-order valence-corrected chi connectivity index (χ2v) is 5.62. The molecule has 3 aromatic rings. The molecule has 23 heavy (non-hydrogen) atoms. The molecule has 1 aromatic heterocycles. The maximum absolute atomic E-state index is 5.42. The fourth-order valence-corrected chi connectivity index (χ4v) is 2.96. The average molecular weight is 309 g/mol. The highest BCUT2D eigenvalue weighted by molar-refractivity contribution is 5.76. The molecule has 0 amide bonds. The van der Waals surface area contributed by atoms with Crippen molar-refractivity contribution in [3.63, 3.8) is 0 Å². The fraction of sp³-hybridized carbons (Fsp3) is 0.316. The molecule has 0 radical (unpaired) electrons. The molecule has 1 atom stereocenters. The van der Waals surface area contributed by atoms with Crippen LogP contribution in [0.25, 0.3) is 11.0 Å². The summed E-state index contributed by atoms with van der Waals surface area (Å²) < 4.78 is 7.69. The van der Waals surface area contributed by atoms with Gasteiger partial charge in [0, 0.05) is 18.7 Å². The van der Waals surface area contributed by atoms with Crippen LogP contribution in [0, 0.1) is 0 Å². The number of aryl methyl sites for hydroxylation is 1. The number of aromatic nitrogens is 2. The quantitative estimate of drug-likeness (QED) is 0.750. The molecule has 0 bridgehead atoms. The van der Waals surface area contributed by atoms with Crippen molar-refractivity contribution < 1.29 is 4.74 Å². The predicted octanol–water partition coefficient (Wildman–Crippen LogP) is 3.92. The fourth-order valence-electron chi connectivity index (χ4n) is 2.96. The lowest BCUT2D eigenvalue weighted by Crippen LogP contribution is -2.22. The van der Waals surface area contributed by atoms with Crippen molar-refractivity contribution >= 4 is 11.0 Å². The average Bonchev–Trinajstić information content (AvgIpc) is 2.98. The van der Waals surface area contributed by atoms with Crippen molar-refractivity contribution in [3.05, 3.63) is 59.9 Å². The highest BCUT2D eigenvalue weighted by Crippen LogP contribution is 2.22. The number of ether oxygens (including phenoxy) is 1. The van der Waals surface area contributed by atoms with Gasteiger partial charge < -0.3 is 14.6 Å². The molecule has 0 aliphatic rings. The highest BCUT2D eigenvalue weighted by Gasteiger charge is 2.15. The molecule has 1 unspecified atom stereocenters. The second-order valence-electron chi connectivity index (χ2n) is 5.62. The van der Waals surface area contributed by atoms with Crippen LogP contribution in [0.1, 0.15) is 31.3 Å². The summed E-state index contributed by atoms with van der Waals surface area (Å²) in [6.45, 7) is 5.97. The number of rotatable bonds is 6. The van der Waals surface area contributed by atoms with Crippen molar-refractivity contribution in [2.75, 3.05) is 7.11 Å². The van der Waals surface area contributed by atoms with Crippen molar-refractivity contribution in [2.45, 2.75) is 33.0 Å². The summed E-state index contributed by atoms with van der Waals surface area (Å²) in [7, 11) is 1.71. The van der Waals surface area contributed by atoms with E-state index in [4.69, 9.17) is 9.72 Å². The number of imidazole rings is 1. The van der Waals surface area contributed by atoms with E-state index in [1.54, 1.807) is 7.11 Å². The van der Waals surface area contributed by atoms with Crippen molar-refractivity contribution in [1.82, 2.24) is 14.9 Å². The third kappa shape index (κ3) is 3.08. The van der Waals surface area contributed by atoms with Crippen LogP contribution in [0.5, 0.6) is 5.75 Å². The van der Waals surface area contributed by atoms with Crippen LogP contribution in [0.4, 0.5) is 0 Å². The first-order chi connectivity index (χ1) is 11.2. The molecule has 0 saturated heterocycles. The van der Waals surface area contributed by atoms with Crippen LogP contribution >= 0.6 is 0 Å². The van der Waals surface area contributed by atoms with Crippen LogP contribution in [0.15, 0.2) is 48.5 Å². The SMILES string of the molecule is CCn1c(C(C)NCc2ccccc2OC)nc2ccccc21. The molecule has 3 rings (SSSR count). The molecular formula is C19H23N3O. The van der Waals surface area contributed by atoms with E-state index in [0.29, 0.717) is 0 Å². The third-order valence-corrected chi connectivity index (χ3v) is 4.18. The van der Waals surface area contributed by atoms with Gasteiger partial charge in [0.25, 0.3) is 0 Å². The first-order valence-corrected chi connectivity index (χ1v) is 8.05. The van der Waals surface area contributed by atoms with Crippen molar-refractivity contribution in [2.24, 2.45) is 0 Å². The zero-order chi connectivity index (χ0) is 16.2. The van der Waals surface area contributed by atoms with Gasteiger partial charge in [-0.2, -0.15) is 0 Å². The maximum Gasteiger partial charge on any atom is 0.126 e. The van der Waals surface area contributed by atoms with E-state index in [9.17, 15) is 0 Å². The van der Waals surface area contributed by atoms with Crippen molar-refractivity contribution in [1.29, 1.82) is 0 Å². The Hall–Kier alpha value is -2.33. The predicted molar refractivity (Wildman–Crippen MR) is 93.7 cm³/mol. The summed E-state index contributed by atoms with van der Waals surface area (Å²) in [6, 6.07) is 16.5. The zero-order valence-corrected chi connectivity index (χ0v) is 13.9. The van der Waals surface area contributed by atoms with Crippen LogP contribution < -0.4 is 10.1 Å². The Morgan fingerprint density at radius 2 is 1.87 bits per heavy atom. The van der Waals surface area contributed by atoms with Gasteiger partial charge in [-0.1, -0.05) is 30.3 Å². The van der Waals surface area contributed by atoms with Gasteiger partial charge in [-0.25, -0.2) is 4.98 Å². The number of hydrogen-bond acceptors (Lipinski definition) is 3. The summed E-state index contributed by atoms with van der Waals surface area (Å²) in [4.78, 5) is 4.81. The number of methoxy groups -OCH3 is 1. The summed E-state index contributed by atoms with van der Waals surface area (Å²) in [5, 5.41) is 3.56. The lowest BCUT2D eigenvalue weighted by Gasteiger charge is -2.16. The molecule has 0 saturated carbocycles. The summed E-state index contributed by atoms with van der Waals surface area (Å²) in [5.41, 5.74) is 3.40. The summed E-state index contributed by atoms with van der Waals surface area (Å²) >= 11 is 0. The highest BCUT2D eigenvalue weighted by atomic mass is 16.5. The first-order valence-electron chi connectivity index (χ1n) is 8.05. The van der Waals surface area contributed by atoms with E-state index in [1.807, 2.05) is 24.3 Å². The Bertz CT molecular complexity index is 794. The number of nitrogens with zero attached hydrogens (tertiary/aromatic N) is 2. The van der Waals surface area contributed by atoms with Crippen LogP contribution in [0.3, 0.4) is 0 Å². The van der Waals surface area contributed by atoms with Gasteiger partial charge in [0.1, 0.15) is 11.6 Å². The molecule has 4 nitrogen and oxygen atoms in total. The van der Waals surface area contributed by atoms with E-state index in [0.717, 1.165) is 35.7 Å². The Labute approximate surface area is 137 Å². The van der Waals surface area contributed by atoms with Gasteiger partial charge in [0.2, 0.25) is 0 Å². The first kappa shape index (κ1) is 15.6. The molecule has 0 spiro atoms. The van der Waals surface area contributed by atoms with E-state index < -0.39 is 0 Å². The van der Waals surface area contributed by atoms with Crippen molar-refractivity contribution in [3.8, 4) is 5.75 Å². The number of fused-ring (bicyclic) bond motifs is 1. The standard InChI is InChI=1S/C19H23N3O/c1-4-22-17-11-7-6-10-16(17)21-19(22)14(2)20-13-15-9-5-8-12-18(15)23-3/h5-12,14,20H,4,13H2,1-3H3. The normalized spacial score (nSPS) is 12.5. The van der Waals surface area contributed by atoms with E-state index >= 15 is 0 Å². The number of hydrogen-bond donors (Lipinski definition) is 1. The Morgan fingerprint density at radius 1 is 1.13 bits per heavy atom. The van der Waals surface area contributed by atoms with Crippen LogP contribution in [0.2, 0.25) is 0 Å². The Morgan fingerprint density at radius 3 is 2.65 bits per heavy atom. The topological polar surface area (TPSA) is 39.1 Å². The van der Waals surface area contributed by atoms with Crippen LogP contribution in [-0.2, 0) is 13.1 Å². The smallest absolute Gasteiger partial charge is 0.126 e. The lowest BCUT2D eigenvalue weighted by atomic mass is 10.2. The van der Waals surface area contributed by atoms with Gasteiger partial charge >= 0.3 is 0 Å². The molecule has 1 N–H and O–H groups in total.